The molecule has 9 heteroatoms. The third kappa shape index (κ3) is 5.60. The number of nitrogens with one attached hydrogen (secondary N) is 1. The fraction of sp³-hybridized carbons (Fsp3) is 0.296. The molecule has 1 aliphatic rings. The molecular formula is C27H29ClN2O5S. The van der Waals surface area contributed by atoms with E-state index >= 15 is 0 Å². The van der Waals surface area contributed by atoms with E-state index in [1.807, 2.05) is 31.2 Å². The van der Waals surface area contributed by atoms with Gasteiger partial charge in [-0.1, -0.05) is 61.3 Å². The average molecular weight is 529 g/mol. The molecule has 190 valence electrons. The molecule has 3 aromatic rings. The summed E-state index contributed by atoms with van der Waals surface area (Å²) in [5.41, 5.74) is 2.32. The first-order valence-corrected chi connectivity index (χ1v) is 13.5. The normalized spacial score (nSPS) is 15.2. The molecule has 0 radical (unpaired) electrons. The second-order valence-corrected chi connectivity index (χ2v) is 11.2. The summed E-state index contributed by atoms with van der Waals surface area (Å²) in [4.78, 5) is 13.1. The van der Waals surface area contributed by atoms with E-state index in [1.54, 1.807) is 36.4 Å². The number of halogens is 1. The van der Waals surface area contributed by atoms with Crippen molar-refractivity contribution in [3.05, 3.63) is 82.9 Å². The predicted molar refractivity (Wildman–Crippen MR) is 141 cm³/mol. The number of carbonyl (C=O) groups excluding carboxylic acids is 1. The van der Waals surface area contributed by atoms with E-state index in [-0.39, 0.29) is 30.3 Å². The zero-order chi connectivity index (χ0) is 25.9. The molecule has 0 spiro atoms. The Morgan fingerprint density at radius 1 is 1.14 bits per heavy atom. The minimum absolute atomic E-state index is 0.123. The van der Waals surface area contributed by atoms with Crippen LogP contribution in [0, 0.1) is 6.92 Å². The molecule has 7 nitrogen and oxygen atoms in total. The lowest BCUT2D eigenvalue weighted by Gasteiger charge is -2.35. The Morgan fingerprint density at radius 3 is 2.58 bits per heavy atom. The number of nitrogens with zero attached hydrogens (tertiary/aromatic N) is 1. The maximum absolute atomic E-state index is 13.5. The number of carbonyl (C=O) groups is 1. The van der Waals surface area contributed by atoms with E-state index in [0.717, 1.165) is 16.9 Å². The van der Waals surface area contributed by atoms with E-state index in [1.165, 1.54) is 10.4 Å². The van der Waals surface area contributed by atoms with Crippen LogP contribution >= 0.6 is 11.6 Å². The van der Waals surface area contributed by atoms with Crippen LogP contribution in [0.5, 0.6) is 11.5 Å². The minimum atomic E-state index is -3.96. The van der Waals surface area contributed by atoms with Gasteiger partial charge in [0.1, 0.15) is 18.1 Å². The number of aryl methyl sites for hydroxylation is 1. The van der Waals surface area contributed by atoms with Gasteiger partial charge in [-0.25, -0.2) is 8.42 Å². The van der Waals surface area contributed by atoms with Crippen LogP contribution in [0.1, 0.15) is 30.9 Å². The van der Waals surface area contributed by atoms with Gasteiger partial charge in [-0.05, 0) is 54.8 Å². The Labute approximate surface area is 217 Å². The van der Waals surface area contributed by atoms with Gasteiger partial charge in [0.15, 0.2) is 6.10 Å². The molecule has 0 saturated heterocycles. The van der Waals surface area contributed by atoms with Gasteiger partial charge >= 0.3 is 0 Å². The molecule has 1 aliphatic heterocycles. The number of amides is 1. The van der Waals surface area contributed by atoms with Gasteiger partial charge < -0.3 is 14.8 Å². The highest BCUT2D eigenvalue weighted by atomic mass is 35.5. The lowest BCUT2D eigenvalue weighted by Crippen LogP contribution is -2.51. The summed E-state index contributed by atoms with van der Waals surface area (Å²) >= 11 is 6.15. The molecule has 1 atom stereocenters. The zero-order valence-corrected chi connectivity index (χ0v) is 22.0. The fourth-order valence-corrected chi connectivity index (χ4v) is 5.60. The molecule has 36 heavy (non-hydrogen) atoms. The molecule has 1 amide bonds. The highest BCUT2D eigenvalue weighted by Crippen LogP contribution is 2.39. The topological polar surface area (TPSA) is 84.9 Å². The molecule has 0 unspecified atom stereocenters. The van der Waals surface area contributed by atoms with Crippen molar-refractivity contribution in [2.45, 2.75) is 37.7 Å². The van der Waals surface area contributed by atoms with Gasteiger partial charge in [-0.2, -0.15) is 0 Å². The van der Waals surface area contributed by atoms with Crippen LogP contribution in [0.3, 0.4) is 0 Å². The van der Waals surface area contributed by atoms with Crippen molar-refractivity contribution in [3.8, 4) is 11.5 Å². The van der Waals surface area contributed by atoms with Crippen LogP contribution in [0.4, 0.5) is 5.69 Å². The maximum atomic E-state index is 13.5. The van der Waals surface area contributed by atoms with Crippen LogP contribution in [0.2, 0.25) is 5.02 Å². The number of sulfonamides is 1. The summed E-state index contributed by atoms with van der Waals surface area (Å²) < 4.78 is 40.0. The summed E-state index contributed by atoms with van der Waals surface area (Å²) in [5.74, 6) is 0.919. The van der Waals surface area contributed by atoms with E-state index < -0.39 is 22.0 Å². The molecule has 0 fully saturated rings. The van der Waals surface area contributed by atoms with E-state index in [2.05, 4.69) is 19.2 Å². The number of para-hydroxylation sites is 1. The van der Waals surface area contributed by atoms with Crippen LogP contribution in [-0.2, 0) is 14.8 Å². The summed E-state index contributed by atoms with van der Waals surface area (Å²) in [7, 11) is -3.96. The van der Waals surface area contributed by atoms with Gasteiger partial charge in [0, 0.05) is 5.02 Å². The summed E-state index contributed by atoms with van der Waals surface area (Å²) in [6.45, 7) is 6.37. The van der Waals surface area contributed by atoms with Gasteiger partial charge in [0.25, 0.3) is 15.9 Å². The van der Waals surface area contributed by atoms with Gasteiger partial charge in [0.05, 0.1) is 23.7 Å². The van der Waals surface area contributed by atoms with Crippen molar-refractivity contribution in [2.24, 2.45) is 0 Å². The van der Waals surface area contributed by atoms with Crippen molar-refractivity contribution in [2.75, 3.05) is 24.0 Å². The second kappa shape index (κ2) is 10.8. The monoisotopic (exact) mass is 528 g/mol. The molecule has 4 rings (SSSR count). The Kier molecular flexibility index (Phi) is 7.76. The third-order valence-corrected chi connectivity index (χ3v) is 7.92. The van der Waals surface area contributed by atoms with Crippen LogP contribution in [0.25, 0.3) is 0 Å². The van der Waals surface area contributed by atoms with E-state index in [0.29, 0.717) is 16.6 Å². The number of fused-ring (bicyclic) bond motifs is 1. The third-order valence-electron chi connectivity index (χ3n) is 5.89. The predicted octanol–water partition coefficient (Wildman–Crippen LogP) is 4.92. The number of hydrogen-bond acceptors (Lipinski definition) is 5. The first-order chi connectivity index (χ1) is 17.2. The number of rotatable bonds is 8. The van der Waals surface area contributed by atoms with Crippen LogP contribution < -0.4 is 19.1 Å². The molecule has 3 aromatic carbocycles. The molecule has 0 aliphatic carbocycles. The van der Waals surface area contributed by atoms with Crippen molar-refractivity contribution in [3.63, 3.8) is 0 Å². The highest BCUT2D eigenvalue weighted by molar-refractivity contribution is 7.92. The van der Waals surface area contributed by atoms with Gasteiger partial charge in [-0.3, -0.25) is 9.10 Å². The fourth-order valence-electron chi connectivity index (χ4n) is 3.96. The SMILES string of the molecule is Cc1ccc(S(=O)(=O)N2C[C@@H](C(=O)NCCOc3ccccc3C(C)C)Oc3ccc(Cl)cc32)cc1. The quantitative estimate of drug-likeness (QED) is 0.419. The standard InChI is InChI=1S/C27H29ClN2O5S/c1-18(2)22-6-4-5-7-24(22)34-15-14-29-27(31)26-17-30(23-16-20(28)10-13-25(23)35-26)36(32,33)21-11-8-19(3)9-12-21/h4-13,16,18,26H,14-15,17H2,1-3H3,(H,29,31)/t26-/m0/s1. The molecule has 0 bridgehead atoms. The first-order valence-electron chi connectivity index (χ1n) is 11.7. The highest BCUT2D eigenvalue weighted by Gasteiger charge is 2.37. The minimum Gasteiger partial charge on any atom is -0.491 e. The van der Waals surface area contributed by atoms with Crippen LogP contribution in [0.15, 0.2) is 71.6 Å². The average Bonchev–Trinajstić information content (AvgIpc) is 2.86. The molecule has 0 saturated carbocycles. The van der Waals surface area contributed by atoms with E-state index in [9.17, 15) is 13.2 Å². The summed E-state index contributed by atoms with van der Waals surface area (Å²) in [6.07, 6.45) is -1.04. The molecule has 0 aromatic heterocycles. The maximum Gasteiger partial charge on any atom is 0.264 e. The smallest absolute Gasteiger partial charge is 0.264 e. The Bertz CT molecular complexity index is 1340. The van der Waals surface area contributed by atoms with Gasteiger partial charge in [0.2, 0.25) is 0 Å². The second-order valence-electron chi connectivity index (χ2n) is 8.90. The van der Waals surface area contributed by atoms with Crippen molar-refractivity contribution >= 4 is 33.2 Å². The van der Waals surface area contributed by atoms with E-state index in [4.69, 9.17) is 21.1 Å². The van der Waals surface area contributed by atoms with Crippen LogP contribution in [-0.4, -0.2) is 40.1 Å². The summed E-state index contributed by atoms with van der Waals surface area (Å²) in [5, 5.41) is 3.16. The number of ether oxygens (including phenoxy) is 2. The molecular weight excluding hydrogens is 500 g/mol. The number of anilines is 1. The Balaban J connectivity index is 1.48. The molecule has 1 heterocycles. The zero-order valence-electron chi connectivity index (χ0n) is 20.4. The Hall–Kier alpha value is -3.23. The van der Waals surface area contributed by atoms with Crippen molar-refractivity contribution < 1.29 is 22.7 Å². The van der Waals surface area contributed by atoms with Gasteiger partial charge in [-0.15, -0.1) is 0 Å². The summed E-state index contributed by atoms with van der Waals surface area (Å²) in [6, 6.07) is 19.0. The lowest BCUT2D eigenvalue weighted by atomic mass is 10.0. The number of benzene rings is 3. The number of hydrogen-bond donors (Lipinski definition) is 1. The molecule has 1 N–H and O–H groups in total. The van der Waals surface area contributed by atoms with Crippen molar-refractivity contribution in [1.29, 1.82) is 0 Å². The Morgan fingerprint density at radius 2 is 1.86 bits per heavy atom. The van der Waals surface area contributed by atoms with Crippen molar-refractivity contribution in [1.82, 2.24) is 5.32 Å². The lowest BCUT2D eigenvalue weighted by molar-refractivity contribution is -0.127. The first kappa shape index (κ1) is 25.9. The largest absolute Gasteiger partial charge is 0.491 e.